The topological polar surface area (TPSA) is 46.6 Å². The summed E-state index contributed by atoms with van der Waals surface area (Å²) in [6.07, 6.45) is 0.165. The molecule has 1 aliphatic heterocycles. The number of amides is 1. The van der Waals surface area contributed by atoms with Crippen LogP contribution in [0.4, 0.5) is 10.1 Å². The van der Waals surface area contributed by atoms with E-state index in [9.17, 15) is 14.0 Å². The molecule has 0 unspecified atom stereocenters. The van der Waals surface area contributed by atoms with E-state index in [2.05, 4.69) is 0 Å². The van der Waals surface area contributed by atoms with Crippen molar-refractivity contribution in [3.05, 3.63) is 58.4 Å². The van der Waals surface area contributed by atoms with E-state index in [0.29, 0.717) is 17.0 Å². The number of halogens is 2. The molecule has 3 rings (SSSR count). The lowest BCUT2D eigenvalue weighted by atomic mass is 9.98. The molecule has 0 saturated heterocycles. The highest BCUT2D eigenvalue weighted by atomic mass is 35.5. The minimum absolute atomic E-state index is 0.0309. The zero-order valence-corrected chi connectivity index (χ0v) is 13.1. The summed E-state index contributed by atoms with van der Waals surface area (Å²) in [6, 6.07) is 9.03. The van der Waals surface area contributed by atoms with Crippen molar-refractivity contribution in [2.24, 2.45) is 0 Å². The Bertz CT molecular complexity index is 786. The fourth-order valence-electron chi connectivity index (χ4n) is 2.69. The summed E-state index contributed by atoms with van der Waals surface area (Å²) in [6.45, 7) is 0.149. The molecular weight excluding hydrogens is 321 g/mol. The highest BCUT2D eigenvalue weighted by molar-refractivity contribution is 6.34. The highest BCUT2D eigenvalue weighted by Crippen LogP contribution is 2.37. The van der Waals surface area contributed by atoms with Crippen molar-refractivity contribution >= 4 is 29.0 Å². The van der Waals surface area contributed by atoms with Gasteiger partial charge in [-0.1, -0.05) is 23.7 Å². The number of hydrogen-bond acceptors (Lipinski definition) is 3. The Kier molecular flexibility index (Phi) is 4.05. The minimum Gasteiger partial charge on any atom is -0.495 e. The van der Waals surface area contributed by atoms with Crippen molar-refractivity contribution in [2.45, 2.75) is 6.42 Å². The lowest BCUT2D eigenvalue weighted by molar-refractivity contribution is 0.0952. The summed E-state index contributed by atoms with van der Waals surface area (Å²) in [5.41, 5.74) is 0.535. The SMILES string of the molecule is COc1cccc2c1N(C(=O)c1c(F)cccc1Cl)CCC2=O. The maximum atomic E-state index is 14.1. The van der Waals surface area contributed by atoms with Gasteiger partial charge in [0, 0.05) is 18.5 Å². The third kappa shape index (κ3) is 2.57. The van der Waals surface area contributed by atoms with Gasteiger partial charge in [-0.2, -0.15) is 0 Å². The van der Waals surface area contributed by atoms with Crippen molar-refractivity contribution in [1.29, 1.82) is 0 Å². The molecule has 4 nitrogen and oxygen atoms in total. The Balaban J connectivity index is 2.14. The molecule has 0 aromatic heterocycles. The van der Waals surface area contributed by atoms with Gasteiger partial charge >= 0.3 is 0 Å². The van der Waals surface area contributed by atoms with Gasteiger partial charge in [0.1, 0.15) is 11.6 Å². The Hall–Kier alpha value is -2.40. The summed E-state index contributed by atoms with van der Waals surface area (Å²) in [4.78, 5) is 26.3. The van der Waals surface area contributed by atoms with Crippen molar-refractivity contribution in [1.82, 2.24) is 0 Å². The van der Waals surface area contributed by atoms with Gasteiger partial charge in [0.25, 0.3) is 5.91 Å². The van der Waals surface area contributed by atoms with Gasteiger partial charge in [0.15, 0.2) is 5.78 Å². The molecule has 2 aromatic carbocycles. The van der Waals surface area contributed by atoms with E-state index in [-0.39, 0.29) is 29.3 Å². The van der Waals surface area contributed by atoms with Crippen LogP contribution >= 0.6 is 11.6 Å². The number of para-hydroxylation sites is 1. The molecule has 1 aliphatic rings. The zero-order valence-electron chi connectivity index (χ0n) is 12.3. The van der Waals surface area contributed by atoms with Gasteiger partial charge in [-0.25, -0.2) is 4.39 Å². The molecular formula is C17H13ClFNO3. The van der Waals surface area contributed by atoms with Crippen LogP contribution in [-0.4, -0.2) is 25.3 Å². The number of hydrogen-bond donors (Lipinski definition) is 0. The highest BCUT2D eigenvalue weighted by Gasteiger charge is 2.32. The standard InChI is InChI=1S/C17H13ClFNO3/c1-23-14-7-2-4-10-13(21)8-9-20(16(10)14)17(22)15-11(18)5-3-6-12(15)19/h2-7H,8-9H2,1H3. The Morgan fingerprint density at radius 2 is 2.00 bits per heavy atom. The molecule has 2 aromatic rings. The van der Waals surface area contributed by atoms with Crippen LogP contribution < -0.4 is 9.64 Å². The van der Waals surface area contributed by atoms with Gasteiger partial charge < -0.3 is 9.64 Å². The number of ketones is 1. The first-order valence-corrected chi connectivity index (χ1v) is 7.38. The monoisotopic (exact) mass is 333 g/mol. The van der Waals surface area contributed by atoms with E-state index >= 15 is 0 Å². The minimum atomic E-state index is -0.698. The van der Waals surface area contributed by atoms with Crippen LogP contribution in [0.25, 0.3) is 0 Å². The average Bonchev–Trinajstić information content (AvgIpc) is 2.54. The molecule has 0 saturated carbocycles. The Morgan fingerprint density at radius 3 is 2.70 bits per heavy atom. The van der Waals surface area contributed by atoms with E-state index in [1.807, 2.05) is 0 Å². The third-order valence-corrected chi connectivity index (χ3v) is 4.09. The number of rotatable bonds is 2. The first-order valence-electron chi connectivity index (χ1n) is 7.00. The number of methoxy groups -OCH3 is 1. The van der Waals surface area contributed by atoms with Crippen LogP contribution in [0.15, 0.2) is 36.4 Å². The molecule has 0 radical (unpaired) electrons. The van der Waals surface area contributed by atoms with Crippen LogP contribution in [0.5, 0.6) is 5.75 Å². The van der Waals surface area contributed by atoms with Gasteiger partial charge in [-0.15, -0.1) is 0 Å². The van der Waals surface area contributed by atoms with Crippen LogP contribution in [0.3, 0.4) is 0 Å². The quantitative estimate of drug-likeness (QED) is 0.841. The second-order valence-corrected chi connectivity index (χ2v) is 5.49. The first kappa shape index (κ1) is 15.5. The molecule has 0 aliphatic carbocycles. The molecule has 1 heterocycles. The summed E-state index contributed by atoms with van der Waals surface area (Å²) >= 11 is 5.99. The normalized spacial score (nSPS) is 13.7. The second kappa shape index (κ2) is 6.01. The predicted molar refractivity (Wildman–Crippen MR) is 85.0 cm³/mol. The van der Waals surface area contributed by atoms with E-state index in [1.165, 1.54) is 30.2 Å². The fourth-order valence-corrected chi connectivity index (χ4v) is 2.93. The van der Waals surface area contributed by atoms with Crippen LogP contribution in [0, 0.1) is 5.82 Å². The maximum absolute atomic E-state index is 14.1. The number of carbonyl (C=O) groups is 2. The summed E-state index contributed by atoms with van der Waals surface area (Å²) in [7, 11) is 1.45. The van der Waals surface area contributed by atoms with Gasteiger partial charge in [-0.3, -0.25) is 9.59 Å². The lowest BCUT2D eigenvalue weighted by Gasteiger charge is -2.30. The fraction of sp³-hybridized carbons (Fsp3) is 0.176. The van der Waals surface area contributed by atoms with Gasteiger partial charge in [0.2, 0.25) is 0 Å². The van der Waals surface area contributed by atoms with Crippen molar-refractivity contribution in [3.63, 3.8) is 0 Å². The lowest BCUT2D eigenvalue weighted by Crippen LogP contribution is -2.38. The van der Waals surface area contributed by atoms with E-state index in [0.717, 1.165) is 0 Å². The van der Waals surface area contributed by atoms with Crippen molar-refractivity contribution < 1.29 is 18.7 Å². The largest absolute Gasteiger partial charge is 0.495 e. The van der Waals surface area contributed by atoms with E-state index in [1.54, 1.807) is 18.2 Å². The molecule has 118 valence electrons. The zero-order chi connectivity index (χ0) is 16.6. The van der Waals surface area contributed by atoms with Crippen molar-refractivity contribution in [3.8, 4) is 5.75 Å². The molecule has 0 bridgehead atoms. The third-order valence-electron chi connectivity index (χ3n) is 3.77. The Morgan fingerprint density at radius 1 is 1.26 bits per heavy atom. The molecule has 1 amide bonds. The second-order valence-electron chi connectivity index (χ2n) is 5.08. The van der Waals surface area contributed by atoms with Crippen LogP contribution in [0.2, 0.25) is 5.02 Å². The first-order chi connectivity index (χ1) is 11.0. The van der Waals surface area contributed by atoms with Gasteiger partial charge in [-0.05, 0) is 24.3 Å². The smallest absolute Gasteiger partial charge is 0.262 e. The summed E-state index contributed by atoms with van der Waals surface area (Å²) in [5.74, 6) is -0.985. The van der Waals surface area contributed by atoms with E-state index < -0.39 is 11.7 Å². The molecule has 0 fully saturated rings. The molecule has 6 heteroatoms. The number of nitrogens with zero attached hydrogens (tertiary/aromatic N) is 1. The summed E-state index contributed by atoms with van der Waals surface area (Å²) < 4.78 is 19.3. The number of Topliss-reactive ketones (excluding diaryl/α,β-unsaturated/α-hetero) is 1. The van der Waals surface area contributed by atoms with E-state index in [4.69, 9.17) is 16.3 Å². The number of benzene rings is 2. The maximum Gasteiger partial charge on any atom is 0.262 e. The molecule has 0 atom stereocenters. The van der Waals surface area contributed by atoms with Crippen LogP contribution in [-0.2, 0) is 0 Å². The number of anilines is 1. The predicted octanol–water partition coefficient (Wildman–Crippen LogP) is 3.72. The number of ether oxygens (including phenoxy) is 1. The van der Waals surface area contributed by atoms with Gasteiger partial charge in [0.05, 0.1) is 23.4 Å². The molecule has 0 spiro atoms. The van der Waals surface area contributed by atoms with Crippen molar-refractivity contribution in [2.75, 3.05) is 18.6 Å². The number of fused-ring (bicyclic) bond motifs is 1. The Labute approximate surface area is 137 Å². The summed E-state index contributed by atoms with van der Waals surface area (Å²) in [5, 5.41) is 0.0309. The number of carbonyl (C=O) groups excluding carboxylic acids is 2. The molecule has 23 heavy (non-hydrogen) atoms. The van der Waals surface area contributed by atoms with Crippen LogP contribution in [0.1, 0.15) is 27.1 Å². The molecule has 0 N–H and O–H groups in total. The average molecular weight is 334 g/mol.